The van der Waals surface area contributed by atoms with Crippen LogP contribution < -0.4 is 5.32 Å². The van der Waals surface area contributed by atoms with E-state index in [1.165, 1.54) is 10.9 Å². The van der Waals surface area contributed by atoms with Crippen molar-refractivity contribution in [1.82, 2.24) is 9.55 Å². The molecule has 0 radical (unpaired) electrons. The Labute approximate surface area is 116 Å². The van der Waals surface area contributed by atoms with Gasteiger partial charge in [-0.05, 0) is 22.7 Å². The number of aryl methyl sites for hydroxylation is 1. The summed E-state index contributed by atoms with van der Waals surface area (Å²) in [7, 11) is 1.65. The molecule has 0 saturated heterocycles. The Morgan fingerprint density at radius 2 is 2.20 bits per heavy atom. The molecule has 1 heterocycles. The van der Waals surface area contributed by atoms with E-state index in [-0.39, 0.29) is 17.7 Å². The number of hydrogen-bond acceptors (Lipinski definition) is 5. The lowest BCUT2D eigenvalue weighted by molar-refractivity contribution is -0.388. The number of nitrogens with zero attached hydrogens (tertiary/aromatic N) is 3. The summed E-state index contributed by atoms with van der Waals surface area (Å²) in [6.07, 6.45) is 5.44. The molecule has 2 rings (SSSR count). The Kier molecular flexibility index (Phi) is 4.21. The molecular weight excluding hydrogens is 264 g/mol. The molecule has 1 fully saturated rings. The van der Waals surface area contributed by atoms with E-state index < -0.39 is 16.8 Å². The highest BCUT2D eigenvalue weighted by atomic mass is 16.6. The van der Waals surface area contributed by atoms with E-state index in [1.807, 2.05) is 0 Å². The molecule has 2 unspecified atom stereocenters. The van der Waals surface area contributed by atoms with E-state index >= 15 is 0 Å². The van der Waals surface area contributed by atoms with Crippen molar-refractivity contribution < 1.29 is 14.8 Å². The minimum absolute atomic E-state index is 0.263. The zero-order valence-electron chi connectivity index (χ0n) is 11.3. The first-order chi connectivity index (χ1) is 9.50. The van der Waals surface area contributed by atoms with Crippen LogP contribution in [0.15, 0.2) is 6.33 Å². The quantitative estimate of drug-likeness (QED) is 0.494. The van der Waals surface area contributed by atoms with E-state index in [9.17, 15) is 20.0 Å². The first-order valence-corrected chi connectivity index (χ1v) is 6.65. The Morgan fingerprint density at radius 1 is 1.50 bits per heavy atom. The summed E-state index contributed by atoms with van der Waals surface area (Å²) in [5.74, 6) is -1.37. The molecule has 1 aliphatic carbocycles. The fourth-order valence-corrected chi connectivity index (χ4v) is 2.67. The molecular formula is C12H18N4O4. The lowest BCUT2D eigenvalue weighted by Gasteiger charge is -2.23. The number of rotatable bonds is 4. The molecule has 0 bridgehead atoms. The fraction of sp³-hybridized carbons (Fsp3) is 0.667. The Morgan fingerprint density at radius 3 is 2.85 bits per heavy atom. The molecule has 1 aliphatic rings. The highest BCUT2D eigenvalue weighted by Crippen LogP contribution is 2.29. The number of imidazole rings is 1. The summed E-state index contributed by atoms with van der Waals surface area (Å²) in [5, 5.41) is 23.3. The second-order valence-corrected chi connectivity index (χ2v) is 5.12. The van der Waals surface area contributed by atoms with Gasteiger partial charge < -0.3 is 20.5 Å². The number of nitrogens with one attached hydrogen (secondary N) is 1. The van der Waals surface area contributed by atoms with Gasteiger partial charge in [-0.3, -0.25) is 9.36 Å². The molecule has 1 aromatic rings. The number of nitro groups is 1. The monoisotopic (exact) mass is 282 g/mol. The van der Waals surface area contributed by atoms with Gasteiger partial charge in [0.15, 0.2) is 0 Å². The van der Waals surface area contributed by atoms with Crippen molar-refractivity contribution in [1.29, 1.82) is 0 Å². The first-order valence-electron chi connectivity index (χ1n) is 6.65. The van der Waals surface area contributed by atoms with Gasteiger partial charge in [0, 0.05) is 13.1 Å². The summed E-state index contributed by atoms with van der Waals surface area (Å²) in [5.41, 5.74) is 0. The van der Waals surface area contributed by atoms with Crippen LogP contribution in [0.25, 0.3) is 0 Å². The zero-order valence-corrected chi connectivity index (χ0v) is 11.3. The number of hydrogen-bond donors (Lipinski definition) is 2. The highest BCUT2D eigenvalue weighted by Gasteiger charge is 2.32. The minimum atomic E-state index is -0.853. The van der Waals surface area contributed by atoms with Crippen LogP contribution in [0, 0.1) is 16.0 Å². The van der Waals surface area contributed by atoms with Crippen LogP contribution in [0.4, 0.5) is 11.6 Å². The van der Waals surface area contributed by atoms with E-state index in [0.29, 0.717) is 12.8 Å². The maximum Gasteiger partial charge on any atom is 0.406 e. The predicted octanol–water partition coefficient (Wildman–Crippen LogP) is 1.77. The van der Waals surface area contributed by atoms with Crippen molar-refractivity contribution in [2.75, 3.05) is 5.32 Å². The topological polar surface area (TPSA) is 110 Å². The molecule has 0 spiro atoms. The zero-order chi connectivity index (χ0) is 14.7. The summed E-state index contributed by atoms with van der Waals surface area (Å²) in [4.78, 5) is 25.5. The van der Waals surface area contributed by atoms with Crippen molar-refractivity contribution >= 4 is 17.6 Å². The molecule has 0 amide bonds. The molecule has 2 N–H and O–H groups in total. The normalized spacial score (nSPS) is 23.1. The van der Waals surface area contributed by atoms with Crippen LogP contribution in [-0.4, -0.2) is 31.6 Å². The summed E-state index contributed by atoms with van der Waals surface area (Å²) >= 11 is 0. The first kappa shape index (κ1) is 14.3. The van der Waals surface area contributed by atoms with E-state index in [4.69, 9.17) is 0 Å². The van der Waals surface area contributed by atoms with Gasteiger partial charge in [0.1, 0.15) is 0 Å². The molecule has 20 heavy (non-hydrogen) atoms. The molecule has 1 aromatic heterocycles. The van der Waals surface area contributed by atoms with E-state index in [2.05, 4.69) is 10.3 Å². The molecule has 110 valence electrons. The van der Waals surface area contributed by atoms with Gasteiger partial charge in [0.25, 0.3) is 0 Å². The third-order valence-electron chi connectivity index (χ3n) is 3.75. The van der Waals surface area contributed by atoms with Gasteiger partial charge in [0.2, 0.25) is 12.1 Å². The largest absolute Gasteiger partial charge is 0.481 e. The van der Waals surface area contributed by atoms with Crippen molar-refractivity contribution in [3.63, 3.8) is 0 Å². The Balaban J connectivity index is 2.24. The van der Waals surface area contributed by atoms with Gasteiger partial charge >= 0.3 is 11.8 Å². The molecule has 2 atom stereocenters. The lowest BCUT2D eigenvalue weighted by atomic mass is 9.95. The van der Waals surface area contributed by atoms with Crippen LogP contribution in [0.5, 0.6) is 0 Å². The number of carboxylic acids is 1. The van der Waals surface area contributed by atoms with Gasteiger partial charge in [0.05, 0.1) is 5.92 Å². The van der Waals surface area contributed by atoms with E-state index in [1.54, 1.807) is 7.05 Å². The summed E-state index contributed by atoms with van der Waals surface area (Å²) < 4.78 is 1.52. The smallest absolute Gasteiger partial charge is 0.406 e. The molecule has 0 aromatic carbocycles. The van der Waals surface area contributed by atoms with Gasteiger partial charge in [-0.25, -0.2) is 0 Å². The number of carbonyl (C=O) groups is 1. The fourth-order valence-electron chi connectivity index (χ4n) is 2.67. The van der Waals surface area contributed by atoms with Gasteiger partial charge in [-0.1, -0.05) is 19.3 Å². The summed E-state index contributed by atoms with van der Waals surface area (Å²) in [6.45, 7) is 0. The van der Waals surface area contributed by atoms with Crippen LogP contribution >= 0.6 is 0 Å². The number of aromatic nitrogens is 2. The van der Waals surface area contributed by atoms with Crippen molar-refractivity contribution in [2.45, 2.75) is 38.1 Å². The number of anilines is 1. The molecule has 8 heteroatoms. The van der Waals surface area contributed by atoms with Crippen molar-refractivity contribution in [2.24, 2.45) is 13.0 Å². The van der Waals surface area contributed by atoms with Gasteiger partial charge in [-0.2, -0.15) is 0 Å². The van der Waals surface area contributed by atoms with Crippen LogP contribution in [0.3, 0.4) is 0 Å². The number of carboxylic acid groups (broad SMARTS) is 1. The maximum absolute atomic E-state index is 11.4. The number of aliphatic carboxylic acids is 1. The predicted molar refractivity (Wildman–Crippen MR) is 71.5 cm³/mol. The van der Waals surface area contributed by atoms with Crippen molar-refractivity contribution in [3.05, 3.63) is 16.4 Å². The standard InChI is InChI=1S/C12H18N4O4/c1-15-7-13-10(16(19)20)11(15)14-9-6-4-2-3-5-8(9)12(17)18/h7-9,14H,2-6H2,1H3,(H,17,18). The minimum Gasteiger partial charge on any atom is -0.481 e. The SMILES string of the molecule is Cn1cnc([N+](=O)[O-])c1NC1CCCCCC1C(=O)O. The second-order valence-electron chi connectivity index (χ2n) is 5.12. The Bertz CT molecular complexity index is 514. The van der Waals surface area contributed by atoms with Crippen molar-refractivity contribution in [3.8, 4) is 0 Å². The van der Waals surface area contributed by atoms with Crippen LogP contribution in [0.2, 0.25) is 0 Å². The van der Waals surface area contributed by atoms with Gasteiger partial charge in [-0.15, -0.1) is 0 Å². The third kappa shape index (κ3) is 2.89. The van der Waals surface area contributed by atoms with Crippen LogP contribution in [0.1, 0.15) is 32.1 Å². The lowest BCUT2D eigenvalue weighted by Crippen LogP contribution is -2.34. The van der Waals surface area contributed by atoms with Crippen LogP contribution in [-0.2, 0) is 11.8 Å². The maximum atomic E-state index is 11.4. The Hall–Kier alpha value is -2.12. The summed E-state index contributed by atoms with van der Waals surface area (Å²) in [6, 6.07) is -0.302. The molecule has 1 saturated carbocycles. The second kappa shape index (κ2) is 5.89. The molecule has 8 nitrogen and oxygen atoms in total. The average Bonchev–Trinajstić information content (AvgIpc) is 2.61. The average molecular weight is 282 g/mol. The highest BCUT2D eigenvalue weighted by molar-refractivity contribution is 5.72. The van der Waals surface area contributed by atoms with E-state index in [0.717, 1.165) is 19.3 Å². The third-order valence-corrected chi connectivity index (χ3v) is 3.75. The molecule has 0 aliphatic heterocycles.